The lowest BCUT2D eigenvalue weighted by Crippen LogP contribution is -2.30. The molecule has 0 fully saturated rings. The Hall–Kier alpha value is -2.42. The zero-order chi connectivity index (χ0) is 21.8. The summed E-state index contributed by atoms with van der Waals surface area (Å²) in [5, 5.41) is 2.77. The number of hydrogen-bond acceptors (Lipinski definition) is 5. The van der Waals surface area contributed by atoms with Crippen LogP contribution in [0.2, 0.25) is 0 Å². The molecule has 0 unspecified atom stereocenters. The predicted octanol–water partition coefficient (Wildman–Crippen LogP) is 2.63. The monoisotopic (exact) mass is 419 g/mol. The number of benzene rings is 2. The average molecular weight is 420 g/mol. The molecule has 0 saturated carbocycles. The number of nitrogens with zero attached hydrogens (tertiary/aromatic N) is 2. The molecule has 0 spiro atoms. The molecule has 29 heavy (non-hydrogen) atoms. The third-order valence-electron chi connectivity index (χ3n) is 4.49. The molecule has 0 atom stereocenters. The number of methoxy groups -OCH3 is 1. The number of sulfonamides is 1. The van der Waals surface area contributed by atoms with Gasteiger partial charge in [-0.3, -0.25) is 9.69 Å². The topological polar surface area (TPSA) is 79.0 Å². The van der Waals surface area contributed by atoms with Gasteiger partial charge in [-0.1, -0.05) is 18.2 Å². The third-order valence-corrected chi connectivity index (χ3v) is 6.30. The Morgan fingerprint density at radius 2 is 1.69 bits per heavy atom. The molecule has 7 nitrogen and oxygen atoms in total. The number of anilines is 1. The van der Waals surface area contributed by atoms with Gasteiger partial charge in [-0.15, -0.1) is 0 Å². The first-order chi connectivity index (χ1) is 13.5. The van der Waals surface area contributed by atoms with Gasteiger partial charge in [-0.25, -0.2) is 12.7 Å². The van der Waals surface area contributed by atoms with Crippen LogP contribution in [0.4, 0.5) is 5.69 Å². The molecule has 1 amide bonds. The Labute approximate surface area is 173 Å². The van der Waals surface area contributed by atoms with Crippen molar-refractivity contribution < 1.29 is 17.9 Å². The maximum atomic E-state index is 12.4. The van der Waals surface area contributed by atoms with E-state index in [2.05, 4.69) is 17.4 Å². The van der Waals surface area contributed by atoms with Crippen molar-refractivity contribution in [3.8, 4) is 5.75 Å². The first kappa shape index (κ1) is 22.9. The van der Waals surface area contributed by atoms with Crippen LogP contribution in [-0.4, -0.2) is 58.3 Å². The number of carbonyl (C=O) groups excluding carboxylic acids is 1. The summed E-state index contributed by atoms with van der Waals surface area (Å²) >= 11 is 0. The largest absolute Gasteiger partial charge is 0.496 e. The summed E-state index contributed by atoms with van der Waals surface area (Å²) in [6, 6.07) is 10.3. The minimum Gasteiger partial charge on any atom is -0.496 e. The Balaban J connectivity index is 2.03. The minimum atomic E-state index is -3.55. The van der Waals surface area contributed by atoms with Crippen LogP contribution in [0.1, 0.15) is 16.7 Å². The number of rotatable bonds is 8. The van der Waals surface area contributed by atoms with Crippen LogP contribution in [0.25, 0.3) is 0 Å². The Morgan fingerprint density at radius 1 is 1.07 bits per heavy atom. The normalized spacial score (nSPS) is 11.7. The lowest BCUT2D eigenvalue weighted by molar-refractivity contribution is -0.117. The fourth-order valence-corrected chi connectivity index (χ4v) is 4.16. The summed E-state index contributed by atoms with van der Waals surface area (Å²) in [7, 11) is 2.91. The van der Waals surface area contributed by atoms with Gasteiger partial charge in [-0.05, 0) is 55.8 Å². The summed E-state index contributed by atoms with van der Waals surface area (Å²) in [6.45, 7) is 4.77. The zero-order valence-corrected chi connectivity index (χ0v) is 18.6. The van der Waals surface area contributed by atoms with Crippen molar-refractivity contribution in [2.75, 3.05) is 40.1 Å². The maximum absolute atomic E-state index is 12.4. The number of hydrogen-bond donors (Lipinski definition) is 1. The SMILES string of the molecule is COc1c(C)cc(CN(C)CC(=O)Nc2cccc(S(=O)(=O)N(C)C)c2)cc1C. The van der Waals surface area contributed by atoms with E-state index in [0.717, 1.165) is 26.7 Å². The number of aryl methyl sites for hydroxylation is 2. The van der Waals surface area contributed by atoms with E-state index in [1.165, 1.54) is 26.2 Å². The Kier molecular flexibility index (Phi) is 7.40. The van der Waals surface area contributed by atoms with Crippen molar-refractivity contribution in [1.29, 1.82) is 0 Å². The first-order valence-electron chi connectivity index (χ1n) is 9.19. The number of amides is 1. The standard InChI is InChI=1S/C21H29N3O4S/c1-15-10-17(11-16(2)21(15)28-6)13-24(5)14-20(25)22-18-8-7-9-19(12-18)29(26,27)23(3)4/h7-12H,13-14H2,1-6H3,(H,22,25). The van der Waals surface area contributed by atoms with Crippen molar-refractivity contribution in [3.63, 3.8) is 0 Å². The van der Waals surface area contributed by atoms with Crippen molar-refractivity contribution in [1.82, 2.24) is 9.21 Å². The molecule has 0 heterocycles. The van der Waals surface area contributed by atoms with Crippen LogP contribution in [0, 0.1) is 13.8 Å². The second kappa shape index (κ2) is 9.39. The third kappa shape index (κ3) is 5.79. The second-order valence-electron chi connectivity index (χ2n) is 7.30. The molecule has 8 heteroatoms. The van der Waals surface area contributed by atoms with Gasteiger partial charge in [0.15, 0.2) is 0 Å². The smallest absolute Gasteiger partial charge is 0.242 e. The van der Waals surface area contributed by atoms with Gasteiger partial charge in [-0.2, -0.15) is 0 Å². The molecule has 0 aliphatic carbocycles. The van der Waals surface area contributed by atoms with Gasteiger partial charge in [0.05, 0.1) is 18.6 Å². The number of carbonyl (C=O) groups is 1. The Morgan fingerprint density at radius 3 is 2.24 bits per heavy atom. The molecule has 0 aliphatic heterocycles. The average Bonchev–Trinajstić information content (AvgIpc) is 2.61. The van der Waals surface area contributed by atoms with Gasteiger partial charge < -0.3 is 10.1 Å². The molecular weight excluding hydrogens is 390 g/mol. The quantitative estimate of drug-likeness (QED) is 0.712. The molecule has 0 saturated heterocycles. The van der Waals surface area contributed by atoms with Crippen molar-refractivity contribution in [2.45, 2.75) is 25.3 Å². The lowest BCUT2D eigenvalue weighted by Gasteiger charge is -2.18. The Bertz CT molecular complexity index is 964. The lowest BCUT2D eigenvalue weighted by atomic mass is 10.1. The van der Waals surface area contributed by atoms with Crippen LogP contribution in [0.15, 0.2) is 41.3 Å². The van der Waals surface area contributed by atoms with E-state index in [1.54, 1.807) is 19.2 Å². The molecule has 2 aromatic rings. The van der Waals surface area contributed by atoms with Crippen LogP contribution < -0.4 is 10.1 Å². The van der Waals surface area contributed by atoms with E-state index < -0.39 is 10.0 Å². The van der Waals surface area contributed by atoms with Gasteiger partial charge in [0.25, 0.3) is 0 Å². The molecule has 0 aliphatic rings. The highest BCUT2D eigenvalue weighted by atomic mass is 32.2. The molecule has 158 valence electrons. The molecule has 0 bridgehead atoms. The van der Waals surface area contributed by atoms with E-state index in [0.29, 0.717) is 12.2 Å². The predicted molar refractivity (Wildman–Crippen MR) is 115 cm³/mol. The van der Waals surface area contributed by atoms with Crippen LogP contribution in [0.5, 0.6) is 5.75 Å². The summed E-state index contributed by atoms with van der Waals surface area (Å²) in [5.74, 6) is 0.663. The highest BCUT2D eigenvalue weighted by Gasteiger charge is 2.18. The van der Waals surface area contributed by atoms with E-state index >= 15 is 0 Å². The zero-order valence-electron chi connectivity index (χ0n) is 17.8. The van der Waals surface area contributed by atoms with Gasteiger partial charge in [0.2, 0.25) is 15.9 Å². The van der Waals surface area contributed by atoms with E-state index in [4.69, 9.17) is 4.74 Å². The molecular formula is C21H29N3O4S. The number of likely N-dealkylation sites (N-methyl/N-ethyl adjacent to an activating group) is 1. The minimum absolute atomic E-state index is 0.137. The second-order valence-corrected chi connectivity index (χ2v) is 9.45. The summed E-state index contributed by atoms with van der Waals surface area (Å²) in [5.41, 5.74) is 3.65. The highest BCUT2D eigenvalue weighted by Crippen LogP contribution is 2.25. The van der Waals surface area contributed by atoms with Crippen LogP contribution >= 0.6 is 0 Å². The van der Waals surface area contributed by atoms with Gasteiger partial charge >= 0.3 is 0 Å². The van der Waals surface area contributed by atoms with Crippen molar-refractivity contribution in [2.24, 2.45) is 0 Å². The van der Waals surface area contributed by atoms with E-state index in [-0.39, 0.29) is 17.3 Å². The van der Waals surface area contributed by atoms with E-state index in [1.807, 2.05) is 25.8 Å². The molecule has 2 aromatic carbocycles. The van der Waals surface area contributed by atoms with Crippen LogP contribution in [0.3, 0.4) is 0 Å². The van der Waals surface area contributed by atoms with Crippen molar-refractivity contribution >= 4 is 21.6 Å². The number of ether oxygens (including phenoxy) is 1. The molecule has 0 radical (unpaired) electrons. The molecule has 2 rings (SSSR count). The van der Waals surface area contributed by atoms with Gasteiger partial charge in [0.1, 0.15) is 5.75 Å². The summed E-state index contributed by atoms with van der Waals surface area (Å²) < 4.78 is 31.0. The molecule has 0 aromatic heterocycles. The van der Waals surface area contributed by atoms with Crippen molar-refractivity contribution in [3.05, 3.63) is 53.1 Å². The molecule has 1 N–H and O–H groups in total. The summed E-state index contributed by atoms with van der Waals surface area (Å²) in [4.78, 5) is 14.4. The highest BCUT2D eigenvalue weighted by molar-refractivity contribution is 7.89. The first-order valence-corrected chi connectivity index (χ1v) is 10.6. The van der Waals surface area contributed by atoms with Gasteiger partial charge in [0, 0.05) is 26.3 Å². The van der Waals surface area contributed by atoms with Crippen LogP contribution in [-0.2, 0) is 21.4 Å². The van der Waals surface area contributed by atoms with E-state index in [9.17, 15) is 13.2 Å². The number of nitrogens with one attached hydrogen (secondary N) is 1. The fraction of sp³-hybridized carbons (Fsp3) is 0.381. The maximum Gasteiger partial charge on any atom is 0.242 e. The fourth-order valence-electron chi connectivity index (χ4n) is 3.21. The summed E-state index contributed by atoms with van der Waals surface area (Å²) in [6.07, 6.45) is 0.